The fourth-order valence-electron chi connectivity index (χ4n) is 9.44. The monoisotopic (exact) mass is 480 g/mol. The molecule has 3 fully saturated rings. The SMILES string of the molecule is COC(=O)[C@]1(C)CC[C@]2(C)CC[C@]3(C)C4=CC(C)c5c(cc(O)c(O)c5C)[C@]4(C)CC[C@@]3(C)[C@@H]2C1. The van der Waals surface area contributed by atoms with Gasteiger partial charge in [-0.3, -0.25) is 4.79 Å². The van der Waals surface area contributed by atoms with Crippen LogP contribution in [-0.2, 0) is 14.9 Å². The first-order chi connectivity index (χ1) is 16.2. The lowest BCUT2D eigenvalue weighted by Gasteiger charge is -2.70. The third-order valence-corrected chi connectivity index (χ3v) is 12.0. The minimum absolute atomic E-state index is 0.00586. The molecular weight excluding hydrogens is 436 g/mol. The number of rotatable bonds is 1. The second kappa shape index (κ2) is 7.29. The van der Waals surface area contributed by atoms with Gasteiger partial charge in [0, 0.05) is 5.41 Å². The predicted octanol–water partition coefficient (Wildman–Crippen LogP) is 7.29. The van der Waals surface area contributed by atoms with Crippen molar-refractivity contribution in [2.75, 3.05) is 7.11 Å². The molecule has 0 spiro atoms. The minimum Gasteiger partial charge on any atom is -0.504 e. The number of methoxy groups -OCH3 is 1. The molecule has 4 nitrogen and oxygen atoms in total. The first kappa shape index (κ1) is 24.7. The summed E-state index contributed by atoms with van der Waals surface area (Å²) in [5.74, 6) is 0.580. The van der Waals surface area contributed by atoms with E-state index in [0.717, 1.165) is 44.1 Å². The molecule has 3 saturated carbocycles. The maximum atomic E-state index is 12.9. The van der Waals surface area contributed by atoms with E-state index in [2.05, 4.69) is 47.6 Å². The zero-order valence-electron chi connectivity index (χ0n) is 23.0. The molecule has 4 aliphatic carbocycles. The van der Waals surface area contributed by atoms with Gasteiger partial charge in [-0.2, -0.15) is 0 Å². The summed E-state index contributed by atoms with van der Waals surface area (Å²) >= 11 is 0. The van der Waals surface area contributed by atoms with Crippen LogP contribution in [0.3, 0.4) is 0 Å². The fourth-order valence-corrected chi connectivity index (χ4v) is 9.44. The number of phenols is 2. The second-order valence-electron chi connectivity index (χ2n) is 13.7. The van der Waals surface area contributed by atoms with E-state index in [4.69, 9.17) is 4.74 Å². The highest BCUT2D eigenvalue weighted by molar-refractivity contribution is 5.76. The molecular formula is C31H44O4. The van der Waals surface area contributed by atoms with Crippen molar-refractivity contribution >= 4 is 5.97 Å². The highest BCUT2D eigenvalue weighted by Gasteiger charge is 2.67. The number of ether oxygens (including phenoxy) is 1. The third-order valence-electron chi connectivity index (χ3n) is 12.0. The first-order valence-electron chi connectivity index (χ1n) is 13.5. The van der Waals surface area contributed by atoms with E-state index >= 15 is 0 Å². The summed E-state index contributed by atoms with van der Waals surface area (Å²) < 4.78 is 5.29. The van der Waals surface area contributed by atoms with Crippen LogP contribution in [0.4, 0.5) is 0 Å². The molecule has 5 rings (SSSR count). The topological polar surface area (TPSA) is 66.8 Å². The lowest BCUT2D eigenvalue weighted by atomic mass is 9.34. The number of esters is 1. The quantitative estimate of drug-likeness (QED) is 0.251. The van der Waals surface area contributed by atoms with E-state index in [1.54, 1.807) is 0 Å². The molecule has 0 saturated heterocycles. The Hall–Kier alpha value is -1.97. The molecule has 0 aliphatic heterocycles. The Balaban J connectivity index is 1.65. The first-order valence-corrected chi connectivity index (χ1v) is 13.5. The number of hydrogen-bond donors (Lipinski definition) is 2. The van der Waals surface area contributed by atoms with Crippen LogP contribution in [0.2, 0.25) is 0 Å². The molecule has 4 aliphatic rings. The zero-order chi connectivity index (χ0) is 25.8. The van der Waals surface area contributed by atoms with Crippen LogP contribution in [-0.4, -0.2) is 23.3 Å². The number of phenolic OH excluding ortho intramolecular Hbond substituents is 2. The van der Waals surface area contributed by atoms with Gasteiger partial charge in [0.05, 0.1) is 12.5 Å². The highest BCUT2D eigenvalue weighted by atomic mass is 16.5. The van der Waals surface area contributed by atoms with Gasteiger partial charge in [0.15, 0.2) is 11.5 Å². The van der Waals surface area contributed by atoms with E-state index in [1.165, 1.54) is 30.2 Å². The summed E-state index contributed by atoms with van der Waals surface area (Å²) in [5.41, 5.74) is 4.43. The van der Waals surface area contributed by atoms with Crippen LogP contribution in [0.15, 0.2) is 17.7 Å². The van der Waals surface area contributed by atoms with Crippen LogP contribution in [0.5, 0.6) is 11.5 Å². The Bertz CT molecular complexity index is 1140. The molecule has 0 amide bonds. The number of fused-ring (bicyclic) bond motifs is 7. The molecule has 0 bridgehead atoms. The van der Waals surface area contributed by atoms with Gasteiger partial charge in [-0.1, -0.05) is 46.3 Å². The molecule has 2 N–H and O–H groups in total. The van der Waals surface area contributed by atoms with Gasteiger partial charge < -0.3 is 14.9 Å². The van der Waals surface area contributed by atoms with Crippen molar-refractivity contribution in [1.82, 2.24) is 0 Å². The molecule has 35 heavy (non-hydrogen) atoms. The van der Waals surface area contributed by atoms with Crippen molar-refractivity contribution in [3.05, 3.63) is 34.4 Å². The lowest BCUT2D eigenvalue weighted by Crippen LogP contribution is -2.62. The summed E-state index contributed by atoms with van der Waals surface area (Å²) in [6.45, 7) is 16.1. The van der Waals surface area contributed by atoms with Crippen molar-refractivity contribution in [2.45, 2.75) is 105 Å². The van der Waals surface area contributed by atoms with Gasteiger partial charge in [0.2, 0.25) is 0 Å². The number of allylic oxidation sites excluding steroid dienone is 2. The normalized spacial score (nSPS) is 44.3. The highest BCUT2D eigenvalue weighted by Crippen LogP contribution is 2.75. The van der Waals surface area contributed by atoms with Crippen LogP contribution in [0.1, 0.15) is 109 Å². The lowest BCUT2D eigenvalue weighted by molar-refractivity contribution is -0.179. The van der Waals surface area contributed by atoms with Gasteiger partial charge in [0.1, 0.15) is 0 Å². The number of carbonyl (C=O) groups is 1. The van der Waals surface area contributed by atoms with Gasteiger partial charge in [-0.25, -0.2) is 0 Å². The van der Waals surface area contributed by atoms with E-state index in [0.29, 0.717) is 5.92 Å². The summed E-state index contributed by atoms with van der Waals surface area (Å²) in [7, 11) is 1.53. The van der Waals surface area contributed by atoms with Gasteiger partial charge >= 0.3 is 5.97 Å². The third kappa shape index (κ3) is 2.95. The molecule has 1 aromatic rings. The van der Waals surface area contributed by atoms with Gasteiger partial charge in [-0.05, 0) is 110 Å². The molecule has 0 radical (unpaired) electrons. The van der Waals surface area contributed by atoms with Crippen molar-refractivity contribution in [2.24, 2.45) is 27.6 Å². The maximum absolute atomic E-state index is 12.9. The van der Waals surface area contributed by atoms with Crippen LogP contribution in [0, 0.1) is 34.5 Å². The van der Waals surface area contributed by atoms with Crippen molar-refractivity contribution in [1.29, 1.82) is 0 Å². The van der Waals surface area contributed by atoms with E-state index < -0.39 is 5.41 Å². The Kier molecular flexibility index (Phi) is 5.15. The zero-order valence-corrected chi connectivity index (χ0v) is 23.0. The van der Waals surface area contributed by atoms with E-state index in [9.17, 15) is 15.0 Å². The number of carbonyl (C=O) groups excluding carboxylic acids is 1. The second-order valence-corrected chi connectivity index (χ2v) is 13.7. The average Bonchev–Trinajstić information content (AvgIpc) is 2.81. The molecule has 0 heterocycles. The Morgan fingerprint density at radius 1 is 1.00 bits per heavy atom. The average molecular weight is 481 g/mol. The molecule has 192 valence electrons. The van der Waals surface area contributed by atoms with Crippen molar-refractivity contribution in [3.63, 3.8) is 0 Å². The summed E-state index contributed by atoms with van der Waals surface area (Å²) in [6, 6.07) is 1.84. The van der Waals surface area contributed by atoms with Crippen LogP contribution in [0.25, 0.3) is 0 Å². The summed E-state index contributed by atoms with van der Waals surface area (Å²) in [5, 5.41) is 21.1. The van der Waals surface area contributed by atoms with E-state index in [1.807, 2.05) is 13.0 Å². The molecule has 7 atom stereocenters. The smallest absolute Gasteiger partial charge is 0.311 e. The van der Waals surface area contributed by atoms with Gasteiger partial charge in [0.25, 0.3) is 0 Å². The fraction of sp³-hybridized carbons (Fsp3) is 0.710. The minimum atomic E-state index is -0.414. The molecule has 0 aromatic heterocycles. The molecule has 1 unspecified atom stereocenters. The number of aromatic hydroxyl groups is 2. The predicted molar refractivity (Wildman–Crippen MR) is 139 cm³/mol. The van der Waals surface area contributed by atoms with Crippen molar-refractivity contribution in [3.8, 4) is 11.5 Å². The molecule has 1 aromatic carbocycles. The van der Waals surface area contributed by atoms with Gasteiger partial charge in [-0.15, -0.1) is 0 Å². The van der Waals surface area contributed by atoms with E-state index in [-0.39, 0.29) is 45.0 Å². The summed E-state index contributed by atoms with van der Waals surface area (Å²) in [4.78, 5) is 12.9. The Morgan fingerprint density at radius 2 is 1.66 bits per heavy atom. The number of benzene rings is 1. The van der Waals surface area contributed by atoms with Crippen LogP contribution >= 0.6 is 0 Å². The Morgan fingerprint density at radius 3 is 2.31 bits per heavy atom. The van der Waals surface area contributed by atoms with Crippen molar-refractivity contribution < 1.29 is 19.7 Å². The maximum Gasteiger partial charge on any atom is 0.311 e. The summed E-state index contributed by atoms with van der Waals surface area (Å²) in [6.07, 6.45) is 9.80. The number of hydrogen-bond acceptors (Lipinski definition) is 4. The van der Waals surface area contributed by atoms with Crippen LogP contribution < -0.4 is 0 Å². The standard InChI is InChI=1S/C31H44O4/c1-18-15-22-29(5,20-16-21(32)25(33)19(2)24(18)20)12-14-31(7)23-17-28(4,26(34)35-8)10-9-27(23,3)11-13-30(22,31)6/h15-16,18,23,32-33H,9-14,17H2,1-8H3/t18?,23-,27-,28-,29+,30-,31+/m1/s1. The largest absolute Gasteiger partial charge is 0.504 e. The molecule has 4 heteroatoms. The Labute approximate surface area is 211 Å².